The van der Waals surface area contributed by atoms with Gasteiger partial charge < -0.3 is 10.4 Å². The van der Waals surface area contributed by atoms with E-state index in [0.717, 1.165) is 67.0 Å². The van der Waals surface area contributed by atoms with E-state index in [1.807, 2.05) is 20.8 Å². The molecule has 2 aliphatic rings. The van der Waals surface area contributed by atoms with Crippen molar-refractivity contribution in [3.8, 4) is 40.6 Å². The molecule has 0 saturated heterocycles. The molecule has 1 saturated carbocycles. The molecular weight excluding hydrogens is 607 g/mol. The van der Waals surface area contributed by atoms with Crippen LogP contribution in [0.1, 0.15) is 121 Å². The molecule has 0 bridgehead atoms. The number of allylic oxidation sites excluding steroid dienone is 5. The van der Waals surface area contributed by atoms with Gasteiger partial charge in [-0.2, -0.15) is 0 Å². The van der Waals surface area contributed by atoms with Crippen molar-refractivity contribution in [2.45, 2.75) is 117 Å². The molecule has 3 aromatic rings. The van der Waals surface area contributed by atoms with Crippen LogP contribution in [0.3, 0.4) is 0 Å². The molecular formula is C48H57NO. The molecule has 1 atom stereocenters. The van der Waals surface area contributed by atoms with Crippen LogP contribution >= 0.6 is 0 Å². The lowest BCUT2D eigenvalue weighted by atomic mass is 9.64. The molecule has 0 aliphatic heterocycles. The molecule has 2 nitrogen and oxygen atoms in total. The van der Waals surface area contributed by atoms with Crippen LogP contribution < -0.4 is 5.32 Å². The number of hydrogen-bond acceptors (Lipinski definition) is 2. The summed E-state index contributed by atoms with van der Waals surface area (Å²) in [5.74, 6) is 14.3. The van der Waals surface area contributed by atoms with E-state index in [-0.39, 0.29) is 16.6 Å². The fourth-order valence-corrected chi connectivity index (χ4v) is 8.60. The molecule has 3 aromatic carbocycles. The predicted octanol–water partition coefficient (Wildman–Crippen LogP) is 12.8. The number of aryl methyl sites for hydroxylation is 1. The standard InChI is InChI=1S/C48H57NO/c1-6-14-40-15-12-17-42(35-40)41-20-22-44(23-21-41)47(27-7-2,30-24-38(5)49-45-33-37(4)34-46(50)36-45)29-13-16-39-25-31-48(28-8-3,32-26-39)43-18-10-9-11-19-43/h10,12,15,17-23,33-36,39,49-50H,5,7,9,11,13,16,24-27,29-32H2,1-4H3. The number of hydrogen-bond donors (Lipinski definition) is 2. The van der Waals surface area contributed by atoms with Gasteiger partial charge in [0.2, 0.25) is 0 Å². The van der Waals surface area contributed by atoms with E-state index in [1.165, 1.54) is 67.2 Å². The van der Waals surface area contributed by atoms with E-state index < -0.39 is 0 Å². The second-order valence-electron chi connectivity index (χ2n) is 14.8. The third kappa shape index (κ3) is 9.43. The second kappa shape index (κ2) is 17.5. The molecule has 0 radical (unpaired) electrons. The molecule has 260 valence electrons. The van der Waals surface area contributed by atoms with Gasteiger partial charge in [0.05, 0.1) is 5.41 Å². The van der Waals surface area contributed by atoms with Crippen molar-refractivity contribution >= 4 is 5.69 Å². The smallest absolute Gasteiger partial charge is 0.117 e. The molecule has 0 spiro atoms. The normalized spacial score (nSPS) is 19.6. The first-order valence-electron chi connectivity index (χ1n) is 19.0. The first kappa shape index (κ1) is 36.9. The number of nitrogens with one attached hydrogen (secondary N) is 1. The van der Waals surface area contributed by atoms with Gasteiger partial charge in [0.25, 0.3) is 0 Å². The van der Waals surface area contributed by atoms with E-state index in [4.69, 9.17) is 0 Å². The highest BCUT2D eigenvalue weighted by atomic mass is 16.3. The summed E-state index contributed by atoms with van der Waals surface area (Å²) in [6, 6.07) is 23.6. The fraction of sp³-hybridized carbons (Fsp3) is 0.417. The minimum absolute atomic E-state index is 0.0555. The van der Waals surface area contributed by atoms with Crippen LogP contribution in [0.4, 0.5) is 5.69 Å². The highest BCUT2D eigenvalue weighted by Gasteiger charge is 2.37. The topological polar surface area (TPSA) is 32.3 Å². The Hall–Kier alpha value is -4.40. The summed E-state index contributed by atoms with van der Waals surface area (Å²) in [5.41, 5.74) is 9.43. The summed E-state index contributed by atoms with van der Waals surface area (Å²) < 4.78 is 0. The van der Waals surface area contributed by atoms with Crippen molar-refractivity contribution < 1.29 is 5.11 Å². The highest BCUT2D eigenvalue weighted by Crippen LogP contribution is 2.48. The van der Waals surface area contributed by atoms with Crippen molar-refractivity contribution in [2.75, 3.05) is 5.32 Å². The van der Waals surface area contributed by atoms with E-state index in [2.05, 4.69) is 115 Å². The van der Waals surface area contributed by atoms with Gasteiger partial charge in [0, 0.05) is 23.0 Å². The summed E-state index contributed by atoms with van der Waals surface area (Å²) in [5, 5.41) is 13.7. The van der Waals surface area contributed by atoms with Gasteiger partial charge >= 0.3 is 0 Å². The molecule has 0 amide bonds. The Morgan fingerprint density at radius 2 is 1.74 bits per heavy atom. The minimum Gasteiger partial charge on any atom is -0.508 e. The van der Waals surface area contributed by atoms with E-state index in [9.17, 15) is 5.11 Å². The lowest BCUT2D eigenvalue weighted by Crippen LogP contribution is -2.29. The zero-order chi connectivity index (χ0) is 35.4. The van der Waals surface area contributed by atoms with E-state index in [0.29, 0.717) is 0 Å². The molecule has 0 aromatic heterocycles. The summed E-state index contributed by atoms with van der Waals surface area (Å²) in [6.45, 7) is 12.7. The summed E-state index contributed by atoms with van der Waals surface area (Å²) >= 11 is 0. The average Bonchev–Trinajstić information content (AvgIpc) is 3.12. The Morgan fingerprint density at radius 1 is 0.940 bits per heavy atom. The van der Waals surface area contributed by atoms with Crippen LogP contribution in [0.5, 0.6) is 5.75 Å². The molecule has 5 rings (SSSR count). The molecule has 0 heterocycles. The largest absolute Gasteiger partial charge is 0.508 e. The first-order chi connectivity index (χ1) is 24.3. The zero-order valence-electron chi connectivity index (χ0n) is 31.0. The third-order valence-corrected chi connectivity index (χ3v) is 11.1. The maximum Gasteiger partial charge on any atom is 0.117 e. The van der Waals surface area contributed by atoms with Crippen LogP contribution in [-0.2, 0) is 5.41 Å². The fourth-order valence-electron chi connectivity index (χ4n) is 8.60. The van der Waals surface area contributed by atoms with Crippen molar-refractivity contribution in [3.63, 3.8) is 0 Å². The van der Waals surface area contributed by atoms with Crippen molar-refractivity contribution in [2.24, 2.45) is 11.3 Å². The average molecular weight is 664 g/mol. The van der Waals surface area contributed by atoms with Crippen LogP contribution in [0.25, 0.3) is 11.1 Å². The molecule has 2 heteroatoms. The van der Waals surface area contributed by atoms with E-state index in [1.54, 1.807) is 12.1 Å². The zero-order valence-corrected chi connectivity index (χ0v) is 31.0. The van der Waals surface area contributed by atoms with Gasteiger partial charge in [-0.05, 0) is 148 Å². The summed E-state index contributed by atoms with van der Waals surface area (Å²) in [7, 11) is 0. The maximum absolute atomic E-state index is 10.2. The maximum atomic E-state index is 10.2. The lowest BCUT2D eigenvalue weighted by Gasteiger charge is -2.39. The Kier molecular flexibility index (Phi) is 12.9. The number of anilines is 1. The third-order valence-electron chi connectivity index (χ3n) is 11.1. The van der Waals surface area contributed by atoms with Crippen molar-refractivity contribution in [1.82, 2.24) is 0 Å². The Labute approximate surface area is 303 Å². The Morgan fingerprint density at radius 3 is 2.42 bits per heavy atom. The van der Waals surface area contributed by atoms with Gasteiger partial charge in [-0.15, -0.1) is 11.8 Å². The van der Waals surface area contributed by atoms with Gasteiger partial charge in [-0.1, -0.05) is 99.2 Å². The number of rotatable bonds is 14. The van der Waals surface area contributed by atoms with Crippen molar-refractivity contribution in [3.05, 3.63) is 119 Å². The number of aromatic hydroxyl groups is 1. The monoisotopic (exact) mass is 663 g/mol. The van der Waals surface area contributed by atoms with Crippen molar-refractivity contribution in [1.29, 1.82) is 0 Å². The molecule has 2 aliphatic carbocycles. The minimum atomic E-state index is 0.0555. The van der Waals surface area contributed by atoms with Gasteiger partial charge in [-0.25, -0.2) is 0 Å². The quantitative estimate of drug-likeness (QED) is 0.168. The summed E-state index contributed by atoms with van der Waals surface area (Å²) in [4.78, 5) is 0. The molecule has 50 heavy (non-hydrogen) atoms. The van der Waals surface area contributed by atoms with Crippen LogP contribution in [-0.4, -0.2) is 5.11 Å². The van der Waals surface area contributed by atoms with Gasteiger partial charge in [0.15, 0.2) is 0 Å². The Bertz CT molecular complexity index is 1770. The predicted molar refractivity (Wildman–Crippen MR) is 214 cm³/mol. The number of benzene rings is 3. The van der Waals surface area contributed by atoms with Crippen LogP contribution in [0.2, 0.25) is 0 Å². The number of phenols is 1. The SMILES string of the molecule is C=C(CCC(CCC)(CCCC1CCC(C#CC)(C2=CCCC=C2)CC1)c1ccc(-c2cccc(C#CC)c2)cc1)Nc1cc(C)cc(O)c1. The van der Waals surface area contributed by atoms with Gasteiger partial charge in [-0.3, -0.25) is 0 Å². The molecule has 1 unspecified atom stereocenters. The first-order valence-corrected chi connectivity index (χ1v) is 19.0. The second-order valence-corrected chi connectivity index (χ2v) is 14.8. The lowest BCUT2D eigenvalue weighted by molar-refractivity contribution is 0.226. The Balaban J connectivity index is 1.33. The van der Waals surface area contributed by atoms with Gasteiger partial charge in [0.1, 0.15) is 5.75 Å². The molecule has 1 fully saturated rings. The molecule has 2 N–H and O–H groups in total. The summed E-state index contributed by atoms with van der Waals surface area (Å²) in [6.07, 6.45) is 22.2. The number of phenolic OH excluding ortho intramolecular Hbond substituents is 1. The van der Waals surface area contributed by atoms with Crippen LogP contribution in [0, 0.1) is 41.9 Å². The highest BCUT2D eigenvalue weighted by molar-refractivity contribution is 5.66. The van der Waals surface area contributed by atoms with E-state index >= 15 is 0 Å². The van der Waals surface area contributed by atoms with Crippen LogP contribution in [0.15, 0.2) is 103 Å².